The molecule has 0 saturated carbocycles. The first-order valence-electron chi connectivity index (χ1n) is 5.51. The normalized spacial score (nSPS) is 11.9. The van der Waals surface area contributed by atoms with E-state index in [1.807, 2.05) is 13.8 Å². The fourth-order valence-electron chi connectivity index (χ4n) is 1.40. The molecule has 1 rings (SSSR count). The molecule has 0 fully saturated rings. The van der Waals surface area contributed by atoms with Crippen molar-refractivity contribution in [1.82, 2.24) is 9.97 Å². The van der Waals surface area contributed by atoms with E-state index in [1.54, 1.807) is 0 Å². The van der Waals surface area contributed by atoms with Crippen LogP contribution in [0.25, 0.3) is 0 Å². The van der Waals surface area contributed by atoms with E-state index in [9.17, 15) is 13.2 Å². The predicted octanol–water partition coefficient (Wildman–Crippen LogP) is 3.97. The molecule has 0 radical (unpaired) electrons. The van der Waals surface area contributed by atoms with E-state index < -0.39 is 12.6 Å². The van der Waals surface area contributed by atoms with Crippen LogP contribution in [0.2, 0.25) is 5.15 Å². The lowest BCUT2D eigenvalue weighted by molar-refractivity contribution is -0.136. The molecule has 0 aromatic carbocycles. The zero-order chi connectivity index (χ0) is 13.8. The Morgan fingerprint density at radius 1 is 1.33 bits per heavy atom. The first-order chi connectivity index (χ1) is 8.31. The molecule has 3 nitrogen and oxygen atoms in total. The second kappa shape index (κ2) is 6.22. The maximum absolute atomic E-state index is 12.0. The highest BCUT2D eigenvalue weighted by Crippen LogP contribution is 2.30. The van der Waals surface area contributed by atoms with E-state index in [4.69, 9.17) is 16.3 Å². The zero-order valence-electron chi connectivity index (χ0n) is 10.1. The van der Waals surface area contributed by atoms with Crippen LogP contribution in [-0.4, -0.2) is 22.8 Å². The van der Waals surface area contributed by atoms with Crippen LogP contribution < -0.4 is 4.74 Å². The Morgan fingerprint density at radius 2 is 2.00 bits per heavy atom. The van der Waals surface area contributed by atoms with Crippen molar-refractivity contribution in [2.24, 2.45) is 0 Å². The van der Waals surface area contributed by atoms with Crippen LogP contribution in [0.4, 0.5) is 13.2 Å². The first kappa shape index (κ1) is 15.0. The molecule has 102 valence electrons. The lowest BCUT2D eigenvalue weighted by atomic mass is 10.1. The molecule has 0 N–H and O–H groups in total. The van der Waals surface area contributed by atoms with Gasteiger partial charge in [-0.2, -0.15) is 13.2 Å². The van der Waals surface area contributed by atoms with Gasteiger partial charge in [-0.15, -0.1) is 0 Å². The van der Waals surface area contributed by atoms with Gasteiger partial charge >= 0.3 is 6.18 Å². The molecule has 0 atom stereocenters. The minimum atomic E-state index is -4.16. The van der Waals surface area contributed by atoms with E-state index >= 15 is 0 Å². The Kier molecular flexibility index (Phi) is 5.19. The van der Waals surface area contributed by atoms with Crippen LogP contribution in [-0.2, 0) is 0 Å². The molecule has 1 aromatic rings. The molecule has 0 spiro atoms. The number of halogens is 4. The van der Waals surface area contributed by atoms with Crippen molar-refractivity contribution < 1.29 is 17.9 Å². The number of hydrogen-bond acceptors (Lipinski definition) is 3. The molecule has 0 aliphatic heterocycles. The third kappa shape index (κ3) is 4.68. The molecule has 0 saturated heterocycles. The Labute approximate surface area is 108 Å². The summed E-state index contributed by atoms with van der Waals surface area (Å²) < 4.78 is 41.1. The number of nitrogens with zero attached hydrogens (tertiary/aromatic N) is 2. The first-order valence-corrected chi connectivity index (χ1v) is 5.89. The molecule has 0 aliphatic carbocycles. The standard InChI is InChI=1S/C11H14ClF3N2O/c1-7(2)8-9(12)16-6-17-10(8)18-5-3-4-11(13,14)15/h6-7H,3-5H2,1-2H3. The van der Waals surface area contributed by atoms with Crippen molar-refractivity contribution in [1.29, 1.82) is 0 Å². The van der Waals surface area contributed by atoms with E-state index in [-0.39, 0.29) is 30.0 Å². The number of rotatable bonds is 5. The van der Waals surface area contributed by atoms with E-state index in [2.05, 4.69) is 9.97 Å². The summed E-state index contributed by atoms with van der Waals surface area (Å²) in [5, 5.41) is 0.269. The van der Waals surface area contributed by atoms with E-state index in [0.29, 0.717) is 5.56 Å². The van der Waals surface area contributed by atoms with Crippen LogP contribution in [0.5, 0.6) is 5.88 Å². The molecule has 7 heteroatoms. The van der Waals surface area contributed by atoms with Crippen LogP contribution >= 0.6 is 11.6 Å². The Morgan fingerprint density at radius 3 is 2.56 bits per heavy atom. The van der Waals surface area contributed by atoms with Crippen molar-refractivity contribution in [2.75, 3.05) is 6.61 Å². The number of hydrogen-bond donors (Lipinski definition) is 0. The maximum Gasteiger partial charge on any atom is 0.389 e. The SMILES string of the molecule is CC(C)c1c(Cl)ncnc1OCCCC(F)(F)F. The number of aromatic nitrogens is 2. The fourth-order valence-corrected chi connectivity index (χ4v) is 1.74. The van der Waals surface area contributed by atoms with Crippen LogP contribution in [0.1, 0.15) is 38.2 Å². The average molecular weight is 283 g/mol. The molecule has 0 aliphatic rings. The third-order valence-electron chi connectivity index (χ3n) is 2.22. The average Bonchev–Trinajstić information content (AvgIpc) is 2.22. The van der Waals surface area contributed by atoms with Gasteiger partial charge in [-0.3, -0.25) is 0 Å². The minimum absolute atomic E-state index is 0.0383. The van der Waals surface area contributed by atoms with Gasteiger partial charge in [0, 0.05) is 6.42 Å². The third-order valence-corrected chi connectivity index (χ3v) is 2.52. The lowest BCUT2D eigenvalue weighted by Crippen LogP contribution is -2.11. The zero-order valence-corrected chi connectivity index (χ0v) is 10.8. The van der Waals surface area contributed by atoms with Gasteiger partial charge < -0.3 is 4.74 Å². The van der Waals surface area contributed by atoms with Crippen LogP contribution in [0, 0.1) is 0 Å². The number of ether oxygens (including phenoxy) is 1. The van der Waals surface area contributed by atoms with Gasteiger partial charge in [0.15, 0.2) is 0 Å². The second-order valence-corrected chi connectivity index (χ2v) is 4.46. The Hall–Kier alpha value is -1.04. The smallest absolute Gasteiger partial charge is 0.389 e. The van der Waals surface area contributed by atoms with Crippen molar-refractivity contribution in [3.8, 4) is 5.88 Å². The van der Waals surface area contributed by atoms with Crippen LogP contribution in [0.15, 0.2) is 6.33 Å². The van der Waals surface area contributed by atoms with Gasteiger partial charge in [-0.25, -0.2) is 9.97 Å². The predicted molar refractivity (Wildman–Crippen MR) is 61.9 cm³/mol. The largest absolute Gasteiger partial charge is 0.477 e. The summed E-state index contributed by atoms with van der Waals surface area (Å²) in [6.07, 6.45) is -3.91. The summed E-state index contributed by atoms with van der Waals surface area (Å²) in [6, 6.07) is 0. The molecular weight excluding hydrogens is 269 g/mol. The van der Waals surface area contributed by atoms with Crippen molar-refractivity contribution in [3.63, 3.8) is 0 Å². The second-order valence-electron chi connectivity index (χ2n) is 4.11. The molecule has 0 bridgehead atoms. The lowest BCUT2D eigenvalue weighted by Gasteiger charge is -2.13. The molecule has 1 heterocycles. The van der Waals surface area contributed by atoms with Gasteiger partial charge in [-0.05, 0) is 12.3 Å². The summed E-state index contributed by atoms with van der Waals surface area (Å²) in [6.45, 7) is 3.72. The van der Waals surface area contributed by atoms with Gasteiger partial charge in [-0.1, -0.05) is 25.4 Å². The van der Waals surface area contributed by atoms with Gasteiger partial charge in [0.05, 0.1) is 12.2 Å². The topological polar surface area (TPSA) is 35.0 Å². The van der Waals surface area contributed by atoms with E-state index in [0.717, 1.165) is 0 Å². The molecule has 18 heavy (non-hydrogen) atoms. The fraction of sp³-hybridized carbons (Fsp3) is 0.636. The van der Waals surface area contributed by atoms with Gasteiger partial charge in [0.1, 0.15) is 11.5 Å². The molecular formula is C11H14ClF3N2O. The maximum atomic E-state index is 12.0. The monoisotopic (exact) mass is 282 g/mol. The summed E-state index contributed by atoms with van der Waals surface area (Å²) in [4.78, 5) is 7.72. The summed E-state index contributed by atoms with van der Waals surface area (Å²) in [5.74, 6) is 0.295. The highest BCUT2D eigenvalue weighted by Gasteiger charge is 2.26. The summed E-state index contributed by atoms with van der Waals surface area (Å²) in [5.41, 5.74) is 0.617. The van der Waals surface area contributed by atoms with Gasteiger partial charge in [0.25, 0.3) is 0 Å². The quantitative estimate of drug-likeness (QED) is 0.605. The summed E-state index contributed by atoms with van der Waals surface area (Å²) >= 11 is 5.90. The van der Waals surface area contributed by atoms with Crippen LogP contribution in [0.3, 0.4) is 0 Å². The van der Waals surface area contributed by atoms with Gasteiger partial charge in [0.2, 0.25) is 5.88 Å². The van der Waals surface area contributed by atoms with Crippen molar-refractivity contribution in [3.05, 3.63) is 17.0 Å². The Balaban J connectivity index is 2.60. The highest BCUT2D eigenvalue weighted by atomic mass is 35.5. The molecule has 1 aromatic heterocycles. The Bertz CT molecular complexity index is 396. The minimum Gasteiger partial charge on any atom is -0.477 e. The summed E-state index contributed by atoms with van der Waals surface area (Å²) in [7, 11) is 0. The highest BCUT2D eigenvalue weighted by molar-refractivity contribution is 6.30. The molecule has 0 unspecified atom stereocenters. The van der Waals surface area contributed by atoms with Crippen molar-refractivity contribution in [2.45, 2.75) is 38.8 Å². The molecule has 0 amide bonds. The van der Waals surface area contributed by atoms with E-state index in [1.165, 1.54) is 6.33 Å². The van der Waals surface area contributed by atoms with Crippen molar-refractivity contribution >= 4 is 11.6 Å². The number of alkyl halides is 3.